The first kappa shape index (κ1) is 15.6. The Balaban J connectivity index is 1.79. The second-order valence-corrected chi connectivity index (χ2v) is 4.86. The molecule has 0 aliphatic carbocycles. The molecule has 0 aliphatic rings. The van der Waals surface area contributed by atoms with Crippen LogP contribution in [0.4, 0.5) is 0 Å². The monoisotopic (exact) mass is 298 g/mol. The summed E-state index contributed by atoms with van der Waals surface area (Å²) in [6.07, 6.45) is 0. The first-order chi connectivity index (χ1) is 10.6. The molecule has 5 nitrogen and oxygen atoms in total. The highest BCUT2D eigenvalue weighted by Crippen LogP contribution is 2.11. The molecule has 5 heteroatoms. The Bertz CT molecular complexity index is 666. The third kappa shape index (κ3) is 4.34. The average molecular weight is 298 g/mol. The van der Waals surface area contributed by atoms with Crippen molar-refractivity contribution >= 4 is 11.8 Å². The quantitative estimate of drug-likeness (QED) is 0.799. The summed E-state index contributed by atoms with van der Waals surface area (Å²) in [6, 6.07) is 13.9. The Hall–Kier alpha value is -2.82. The van der Waals surface area contributed by atoms with Gasteiger partial charge in [0.2, 0.25) is 5.91 Å². The summed E-state index contributed by atoms with van der Waals surface area (Å²) in [4.78, 5) is 22.9. The number of carbonyl (C=O) groups is 2. The molecule has 0 spiro atoms. The topological polar surface area (TPSA) is 81.4 Å². The number of hydrogen-bond donors (Lipinski definition) is 2. The molecule has 114 valence electrons. The number of nitrogens with two attached hydrogens (primary N) is 1. The molecule has 2 amide bonds. The van der Waals surface area contributed by atoms with Crippen molar-refractivity contribution in [2.75, 3.05) is 13.2 Å². The molecule has 0 saturated heterocycles. The molecule has 0 aliphatic heterocycles. The maximum absolute atomic E-state index is 11.9. The van der Waals surface area contributed by atoms with Crippen molar-refractivity contribution < 1.29 is 14.3 Å². The fraction of sp³-hybridized carbons (Fsp3) is 0.176. The van der Waals surface area contributed by atoms with Gasteiger partial charge in [-0.2, -0.15) is 0 Å². The molecule has 3 N–H and O–H groups in total. The smallest absolute Gasteiger partial charge is 0.251 e. The van der Waals surface area contributed by atoms with Gasteiger partial charge >= 0.3 is 0 Å². The van der Waals surface area contributed by atoms with Crippen molar-refractivity contribution in [2.24, 2.45) is 5.73 Å². The van der Waals surface area contributed by atoms with E-state index >= 15 is 0 Å². The van der Waals surface area contributed by atoms with E-state index in [2.05, 4.69) is 5.32 Å². The Morgan fingerprint density at radius 2 is 1.77 bits per heavy atom. The van der Waals surface area contributed by atoms with Gasteiger partial charge in [0, 0.05) is 11.1 Å². The van der Waals surface area contributed by atoms with Crippen LogP contribution in [0.15, 0.2) is 48.5 Å². The lowest BCUT2D eigenvalue weighted by Crippen LogP contribution is -2.28. The van der Waals surface area contributed by atoms with E-state index in [-0.39, 0.29) is 5.91 Å². The van der Waals surface area contributed by atoms with Gasteiger partial charge in [-0.05, 0) is 48.9 Å². The largest absolute Gasteiger partial charge is 0.492 e. The zero-order valence-corrected chi connectivity index (χ0v) is 12.3. The maximum atomic E-state index is 11.9. The van der Waals surface area contributed by atoms with Gasteiger partial charge in [-0.1, -0.05) is 12.1 Å². The molecule has 0 aromatic heterocycles. The lowest BCUT2D eigenvalue weighted by molar-refractivity contribution is 0.0944. The summed E-state index contributed by atoms with van der Waals surface area (Å²) in [6.45, 7) is 2.77. The minimum Gasteiger partial charge on any atom is -0.492 e. The number of aryl methyl sites for hydroxylation is 1. The standard InChI is InChI=1S/C17H18N2O3/c1-12-3-2-4-15(11-12)22-10-9-19-17(21)14-7-5-13(6-8-14)16(18)20/h2-8,11H,9-10H2,1H3,(H2,18,20)(H,19,21). The minimum atomic E-state index is -0.515. The number of primary amides is 1. The van der Waals surface area contributed by atoms with E-state index < -0.39 is 5.91 Å². The van der Waals surface area contributed by atoms with Gasteiger partial charge in [-0.3, -0.25) is 9.59 Å². The zero-order valence-electron chi connectivity index (χ0n) is 12.3. The maximum Gasteiger partial charge on any atom is 0.251 e. The van der Waals surface area contributed by atoms with Gasteiger partial charge in [0.25, 0.3) is 5.91 Å². The zero-order chi connectivity index (χ0) is 15.9. The molecular formula is C17H18N2O3. The van der Waals surface area contributed by atoms with Gasteiger partial charge in [-0.15, -0.1) is 0 Å². The third-order valence-corrected chi connectivity index (χ3v) is 3.08. The van der Waals surface area contributed by atoms with Crippen LogP contribution in [-0.2, 0) is 0 Å². The summed E-state index contributed by atoms with van der Waals surface area (Å²) in [7, 11) is 0. The van der Waals surface area contributed by atoms with E-state index in [1.807, 2.05) is 31.2 Å². The molecule has 2 aromatic rings. The summed E-state index contributed by atoms with van der Waals surface area (Å²) in [5.41, 5.74) is 7.12. The van der Waals surface area contributed by atoms with E-state index in [0.717, 1.165) is 11.3 Å². The second-order valence-electron chi connectivity index (χ2n) is 4.86. The Morgan fingerprint density at radius 1 is 1.09 bits per heavy atom. The van der Waals surface area contributed by atoms with E-state index in [0.29, 0.717) is 24.3 Å². The Kier molecular flexibility index (Phi) is 5.14. The number of ether oxygens (including phenoxy) is 1. The molecule has 0 saturated carbocycles. The van der Waals surface area contributed by atoms with Crippen molar-refractivity contribution in [3.05, 3.63) is 65.2 Å². The summed E-state index contributed by atoms with van der Waals surface area (Å²) in [5, 5.41) is 2.75. The van der Waals surface area contributed by atoms with Crippen molar-refractivity contribution in [3.8, 4) is 5.75 Å². The summed E-state index contributed by atoms with van der Waals surface area (Å²) in [5.74, 6) is 0.0439. The number of nitrogens with one attached hydrogen (secondary N) is 1. The number of benzene rings is 2. The summed E-state index contributed by atoms with van der Waals surface area (Å²) >= 11 is 0. The highest BCUT2D eigenvalue weighted by atomic mass is 16.5. The van der Waals surface area contributed by atoms with Crippen LogP contribution >= 0.6 is 0 Å². The SMILES string of the molecule is Cc1cccc(OCCNC(=O)c2ccc(C(N)=O)cc2)c1. The molecule has 2 aromatic carbocycles. The molecular weight excluding hydrogens is 280 g/mol. The van der Waals surface area contributed by atoms with Crippen LogP contribution < -0.4 is 15.8 Å². The van der Waals surface area contributed by atoms with Crippen LogP contribution in [0.5, 0.6) is 5.75 Å². The molecule has 2 rings (SSSR count). The highest BCUT2D eigenvalue weighted by Gasteiger charge is 2.06. The normalized spacial score (nSPS) is 10.0. The number of rotatable bonds is 6. The lowest BCUT2D eigenvalue weighted by atomic mass is 10.1. The van der Waals surface area contributed by atoms with Crippen LogP contribution in [0.1, 0.15) is 26.3 Å². The van der Waals surface area contributed by atoms with Crippen LogP contribution in [0, 0.1) is 6.92 Å². The Labute approximate surface area is 129 Å². The average Bonchev–Trinajstić information content (AvgIpc) is 2.51. The molecule has 22 heavy (non-hydrogen) atoms. The predicted molar refractivity (Wildman–Crippen MR) is 84.0 cm³/mol. The third-order valence-electron chi connectivity index (χ3n) is 3.08. The number of carbonyl (C=O) groups excluding carboxylic acids is 2. The minimum absolute atomic E-state index is 0.219. The second kappa shape index (κ2) is 7.26. The van der Waals surface area contributed by atoms with E-state index in [9.17, 15) is 9.59 Å². The van der Waals surface area contributed by atoms with E-state index in [1.54, 1.807) is 12.1 Å². The van der Waals surface area contributed by atoms with Crippen LogP contribution in [0.3, 0.4) is 0 Å². The molecule has 0 unspecified atom stereocenters. The lowest BCUT2D eigenvalue weighted by Gasteiger charge is -2.08. The first-order valence-electron chi connectivity index (χ1n) is 6.94. The van der Waals surface area contributed by atoms with Gasteiger partial charge in [0.15, 0.2) is 0 Å². The fourth-order valence-corrected chi connectivity index (χ4v) is 1.93. The fourth-order valence-electron chi connectivity index (χ4n) is 1.93. The van der Waals surface area contributed by atoms with Gasteiger partial charge in [0.1, 0.15) is 12.4 Å². The van der Waals surface area contributed by atoms with Crippen LogP contribution in [0.25, 0.3) is 0 Å². The van der Waals surface area contributed by atoms with Crippen LogP contribution in [0.2, 0.25) is 0 Å². The summed E-state index contributed by atoms with van der Waals surface area (Å²) < 4.78 is 5.55. The first-order valence-corrected chi connectivity index (χ1v) is 6.94. The van der Waals surface area contributed by atoms with Gasteiger partial charge < -0.3 is 15.8 Å². The Morgan fingerprint density at radius 3 is 2.41 bits per heavy atom. The van der Waals surface area contributed by atoms with E-state index in [1.165, 1.54) is 12.1 Å². The molecule has 0 radical (unpaired) electrons. The predicted octanol–water partition coefficient (Wildman–Crippen LogP) is 1.90. The highest BCUT2D eigenvalue weighted by molar-refractivity contribution is 5.97. The van der Waals surface area contributed by atoms with Crippen LogP contribution in [-0.4, -0.2) is 25.0 Å². The van der Waals surface area contributed by atoms with Crippen molar-refractivity contribution in [1.82, 2.24) is 5.32 Å². The molecule has 0 bridgehead atoms. The van der Waals surface area contributed by atoms with Crippen molar-refractivity contribution in [3.63, 3.8) is 0 Å². The molecule has 0 heterocycles. The van der Waals surface area contributed by atoms with Gasteiger partial charge in [-0.25, -0.2) is 0 Å². The van der Waals surface area contributed by atoms with Gasteiger partial charge in [0.05, 0.1) is 6.54 Å². The van der Waals surface area contributed by atoms with Crippen molar-refractivity contribution in [2.45, 2.75) is 6.92 Å². The van der Waals surface area contributed by atoms with Crippen molar-refractivity contribution in [1.29, 1.82) is 0 Å². The number of hydrogen-bond acceptors (Lipinski definition) is 3. The van der Waals surface area contributed by atoms with E-state index in [4.69, 9.17) is 10.5 Å². The molecule has 0 atom stereocenters. The molecule has 0 fully saturated rings. The number of amides is 2.